The molecule has 1 heterocycles. The molecule has 0 atom stereocenters. The predicted octanol–water partition coefficient (Wildman–Crippen LogP) is 2.40. The number of amides is 1. The van der Waals surface area contributed by atoms with Crippen LogP contribution < -0.4 is 10.6 Å². The number of nitrogens with one attached hydrogen (secondary N) is 2. The van der Waals surface area contributed by atoms with E-state index in [1.165, 1.54) is 17.2 Å². The molecule has 0 bridgehead atoms. The second-order valence-corrected chi connectivity index (χ2v) is 4.24. The predicted molar refractivity (Wildman–Crippen MR) is 74.4 cm³/mol. The molecule has 0 saturated heterocycles. The molecule has 3 nitrogen and oxygen atoms in total. The van der Waals surface area contributed by atoms with E-state index in [4.69, 9.17) is 0 Å². The third-order valence-electron chi connectivity index (χ3n) is 2.95. The van der Waals surface area contributed by atoms with E-state index < -0.39 is 0 Å². The van der Waals surface area contributed by atoms with Gasteiger partial charge in [0.05, 0.1) is 0 Å². The minimum atomic E-state index is -0.0907. The first-order valence-electron chi connectivity index (χ1n) is 6.23. The highest BCUT2D eigenvalue weighted by atomic mass is 16.1. The number of hydrogen-bond acceptors (Lipinski definition) is 2. The Morgan fingerprint density at radius 2 is 2.28 bits per heavy atom. The highest BCUT2D eigenvalue weighted by molar-refractivity contribution is 6.00. The lowest BCUT2D eigenvalue weighted by Gasteiger charge is -2.20. The zero-order valence-electron chi connectivity index (χ0n) is 10.6. The molecule has 1 aliphatic heterocycles. The van der Waals surface area contributed by atoms with Gasteiger partial charge < -0.3 is 10.6 Å². The number of carbonyl (C=O) groups is 1. The van der Waals surface area contributed by atoms with Crippen molar-refractivity contribution in [2.24, 2.45) is 0 Å². The number of allylic oxidation sites excluding steroid dienone is 3. The van der Waals surface area contributed by atoms with Crippen LogP contribution in [0.3, 0.4) is 0 Å². The molecule has 3 heteroatoms. The van der Waals surface area contributed by atoms with E-state index in [2.05, 4.69) is 16.7 Å². The molecule has 2 N–H and O–H groups in total. The van der Waals surface area contributed by atoms with Gasteiger partial charge in [0.15, 0.2) is 0 Å². The molecule has 0 spiro atoms. The van der Waals surface area contributed by atoms with Gasteiger partial charge in [0.1, 0.15) is 0 Å². The van der Waals surface area contributed by atoms with Gasteiger partial charge in [0.2, 0.25) is 5.91 Å². The van der Waals surface area contributed by atoms with E-state index in [0.29, 0.717) is 0 Å². The Morgan fingerprint density at radius 1 is 1.39 bits per heavy atom. The number of fused-ring (bicyclic) bond motifs is 1. The van der Waals surface area contributed by atoms with Crippen molar-refractivity contribution in [2.45, 2.75) is 19.9 Å². The molecule has 1 aliphatic rings. The topological polar surface area (TPSA) is 41.1 Å². The van der Waals surface area contributed by atoms with Crippen LogP contribution in [0.1, 0.15) is 18.1 Å². The summed E-state index contributed by atoms with van der Waals surface area (Å²) in [6.07, 6.45) is 8.02. The largest absolute Gasteiger partial charge is 0.322 e. The fraction of sp³-hybridized carbons (Fsp3) is 0.267. The quantitative estimate of drug-likeness (QED) is 0.631. The lowest BCUT2D eigenvalue weighted by molar-refractivity contribution is -0.111. The second kappa shape index (κ2) is 6.17. The van der Waals surface area contributed by atoms with Gasteiger partial charge in [-0.1, -0.05) is 30.4 Å². The molecule has 0 unspecified atom stereocenters. The summed E-state index contributed by atoms with van der Waals surface area (Å²) >= 11 is 0. The van der Waals surface area contributed by atoms with Crippen LogP contribution in [0, 0.1) is 0 Å². The van der Waals surface area contributed by atoms with E-state index in [-0.39, 0.29) is 5.91 Å². The maximum atomic E-state index is 11.7. The zero-order chi connectivity index (χ0) is 12.8. The van der Waals surface area contributed by atoms with Gasteiger partial charge in [-0.05, 0) is 37.1 Å². The number of carbonyl (C=O) groups excluding carboxylic acids is 1. The molecule has 0 aromatic heterocycles. The minimum Gasteiger partial charge on any atom is -0.322 e. The molecular formula is C15H18N2O. The molecule has 1 aromatic rings. The van der Waals surface area contributed by atoms with Crippen molar-refractivity contribution >= 4 is 11.6 Å². The van der Waals surface area contributed by atoms with Crippen molar-refractivity contribution in [3.8, 4) is 0 Å². The molecule has 94 valence electrons. The summed E-state index contributed by atoms with van der Waals surface area (Å²) in [7, 11) is 0. The lowest BCUT2D eigenvalue weighted by Crippen LogP contribution is -2.25. The van der Waals surface area contributed by atoms with Gasteiger partial charge in [-0.25, -0.2) is 0 Å². The Hall–Kier alpha value is -1.87. The van der Waals surface area contributed by atoms with E-state index >= 15 is 0 Å². The molecule has 1 amide bonds. The van der Waals surface area contributed by atoms with E-state index in [1.807, 2.05) is 31.2 Å². The second-order valence-electron chi connectivity index (χ2n) is 4.24. The number of hydrogen-bond donors (Lipinski definition) is 2. The molecule has 0 fully saturated rings. The van der Waals surface area contributed by atoms with E-state index in [9.17, 15) is 4.79 Å². The van der Waals surface area contributed by atoms with Crippen LogP contribution in [0.25, 0.3) is 0 Å². The molecule has 2 rings (SSSR count). The molecular weight excluding hydrogens is 224 g/mol. The minimum absolute atomic E-state index is 0.0907. The van der Waals surface area contributed by atoms with Crippen LogP contribution in [0.15, 0.2) is 42.5 Å². The van der Waals surface area contributed by atoms with Gasteiger partial charge in [0.25, 0.3) is 0 Å². The smallest absolute Gasteiger partial charge is 0.248 e. The number of benzene rings is 1. The van der Waals surface area contributed by atoms with Crippen LogP contribution >= 0.6 is 0 Å². The summed E-state index contributed by atoms with van der Waals surface area (Å²) < 4.78 is 0. The van der Waals surface area contributed by atoms with E-state index in [1.54, 1.807) is 6.08 Å². The maximum absolute atomic E-state index is 11.7. The Balaban J connectivity index is 2.12. The van der Waals surface area contributed by atoms with Gasteiger partial charge in [-0.3, -0.25) is 4.79 Å². The Labute approximate surface area is 108 Å². The van der Waals surface area contributed by atoms with Crippen LogP contribution in [-0.4, -0.2) is 12.5 Å². The third-order valence-corrected chi connectivity index (χ3v) is 2.95. The van der Waals surface area contributed by atoms with E-state index in [0.717, 1.165) is 25.2 Å². The van der Waals surface area contributed by atoms with Crippen molar-refractivity contribution in [2.75, 3.05) is 11.9 Å². The van der Waals surface area contributed by atoms with Gasteiger partial charge in [-0.15, -0.1) is 0 Å². The van der Waals surface area contributed by atoms with Gasteiger partial charge >= 0.3 is 0 Å². The molecule has 1 aromatic carbocycles. The standard InChI is InChI=1S/C15H18N2O/c1-2-3-4-8-15(18)17-14-7-5-6-12-9-10-16-11-13(12)14/h2-8,16H,9-11H2,1H3,(H,17,18). The average Bonchev–Trinajstić information content (AvgIpc) is 2.39. The van der Waals surface area contributed by atoms with Gasteiger partial charge in [-0.2, -0.15) is 0 Å². The zero-order valence-corrected chi connectivity index (χ0v) is 10.6. The van der Waals surface area contributed by atoms with Crippen molar-refractivity contribution in [3.05, 3.63) is 53.6 Å². The summed E-state index contributed by atoms with van der Waals surface area (Å²) in [6, 6.07) is 6.07. The summed E-state index contributed by atoms with van der Waals surface area (Å²) in [5.74, 6) is -0.0907. The Morgan fingerprint density at radius 3 is 3.11 bits per heavy atom. The van der Waals surface area contributed by atoms with Crippen molar-refractivity contribution in [3.63, 3.8) is 0 Å². The Bertz CT molecular complexity index is 489. The SMILES string of the molecule is CC=CC=CC(=O)Nc1cccc2c1CNCC2. The normalized spacial score (nSPS) is 14.9. The summed E-state index contributed by atoms with van der Waals surface area (Å²) in [6.45, 7) is 3.75. The summed E-state index contributed by atoms with van der Waals surface area (Å²) in [5.41, 5.74) is 3.44. The fourth-order valence-corrected chi connectivity index (χ4v) is 2.06. The average molecular weight is 242 g/mol. The van der Waals surface area contributed by atoms with Crippen molar-refractivity contribution < 1.29 is 4.79 Å². The number of rotatable bonds is 3. The molecule has 0 saturated carbocycles. The first-order chi connectivity index (χ1) is 8.81. The monoisotopic (exact) mass is 242 g/mol. The van der Waals surface area contributed by atoms with Crippen LogP contribution in [0.5, 0.6) is 0 Å². The fourth-order valence-electron chi connectivity index (χ4n) is 2.06. The first kappa shape index (κ1) is 12.6. The first-order valence-corrected chi connectivity index (χ1v) is 6.23. The van der Waals surface area contributed by atoms with Crippen molar-refractivity contribution in [1.29, 1.82) is 0 Å². The Kier molecular flexibility index (Phi) is 4.31. The lowest BCUT2D eigenvalue weighted by atomic mass is 9.99. The van der Waals surface area contributed by atoms with Crippen LogP contribution in [-0.2, 0) is 17.8 Å². The summed E-state index contributed by atoms with van der Waals surface area (Å²) in [5, 5.41) is 6.26. The summed E-state index contributed by atoms with van der Waals surface area (Å²) in [4.78, 5) is 11.7. The van der Waals surface area contributed by atoms with Gasteiger partial charge in [0, 0.05) is 18.3 Å². The molecule has 0 radical (unpaired) electrons. The molecule has 18 heavy (non-hydrogen) atoms. The number of anilines is 1. The van der Waals surface area contributed by atoms with Crippen molar-refractivity contribution in [1.82, 2.24) is 5.32 Å². The third kappa shape index (κ3) is 3.08. The van der Waals surface area contributed by atoms with Crippen LogP contribution in [0.4, 0.5) is 5.69 Å². The highest BCUT2D eigenvalue weighted by Gasteiger charge is 2.12. The van der Waals surface area contributed by atoms with Crippen LogP contribution in [0.2, 0.25) is 0 Å². The maximum Gasteiger partial charge on any atom is 0.248 e. The molecule has 0 aliphatic carbocycles. The highest BCUT2D eigenvalue weighted by Crippen LogP contribution is 2.22.